The van der Waals surface area contributed by atoms with E-state index in [4.69, 9.17) is 0 Å². The lowest BCUT2D eigenvalue weighted by molar-refractivity contribution is -0.670. The number of unbranched alkanes of at least 4 members (excludes halogenated alkanes) is 4. The highest BCUT2D eigenvalue weighted by molar-refractivity contribution is 7.98. The summed E-state index contributed by atoms with van der Waals surface area (Å²) < 4.78 is 4.32. The van der Waals surface area contributed by atoms with E-state index in [-0.39, 0.29) is 17.0 Å². The quantitative estimate of drug-likeness (QED) is 0.484. The minimum atomic E-state index is 0. The van der Waals surface area contributed by atoms with Crippen LogP contribution in [0.5, 0.6) is 0 Å². The van der Waals surface area contributed by atoms with E-state index in [2.05, 4.69) is 41.8 Å². The van der Waals surface area contributed by atoms with Crippen LogP contribution < -0.4 is 21.5 Å². The molecule has 0 unspecified atom stereocenters. The first-order valence-corrected chi connectivity index (χ1v) is 7.07. The Morgan fingerprint density at radius 1 is 1.19 bits per heavy atom. The Morgan fingerprint density at radius 3 is 2.56 bits per heavy atom. The molecule has 4 heteroatoms. The third-order valence-electron chi connectivity index (χ3n) is 2.46. The van der Waals surface area contributed by atoms with Gasteiger partial charge in [-0.2, -0.15) is 0 Å². The van der Waals surface area contributed by atoms with Crippen LogP contribution >= 0.6 is 11.8 Å². The van der Waals surface area contributed by atoms with Crippen LogP contribution in [0.2, 0.25) is 0 Å². The van der Waals surface area contributed by atoms with Crippen molar-refractivity contribution in [3.05, 3.63) is 18.7 Å². The molecule has 0 aliphatic carbocycles. The fraction of sp³-hybridized carbons (Fsp3) is 0.750. The van der Waals surface area contributed by atoms with Crippen LogP contribution in [-0.2, 0) is 12.9 Å². The van der Waals surface area contributed by atoms with Crippen LogP contribution in [0, 0.1) is 0 Å². The van der Waals surface area contributed by atoms with Crippen molar-refractivity contribution >= 4 is 11.8 Å². The summed E-state index contributed by atoms with van der Waals surface area (Å²) in [5.41, 5.74) is 0. The molecule has 1 rings (SSSR count). The lowest BCUT2D eigenvalue weighted by Gasteiger charge is -1.99. The summed E-state index contributed by atoms with van der Waals surface area (Å²) in [4.78, 5) is 0. The molecule has 1 aromatic heterocycles. The maximum Gasteiger partial charge on any atom is 0.244 e. The number of aromatic nitrogens is 2. The van der Waals surface area contributed by atoms with Crippen LogP contribution in [0.3, 0.4) is 0 Å². The lowest BCUT2D eigenvalue weighted by atomic mass is 10.2. The third kappa shape index (κ3) is 7.34. The van der Waals surface area contributed by atoms with Crippen molar-refractivity contribution in [2.75, 3.05) is 5.75 Å². The average molecular weight is 307 g/mol. The number of nitrogens with zero attached hydrogens (tertiary/aromatic N) is 2. The molecular weight excluding hydrogens is 284 g/mol. The molecule has 0 fully saturated rings. The summed E-state index contributed by atoms with van der Waals surface area (Å²) >= 11 is 2.03. The zero-order valence-corrected chi connectivity index (χ0v) is 12.8. The molecule has 0 bridgehead atoms. The highest BCUT2D eigenvalue weighted by Gasteiger charge is 1.98. The smallest absolute Gasteiger partial charge is 0.244 e. The van der Waals surface area contributed by atoms with E-state index in [9.17, 15) is 0 Å². The van der Waals surface area contributed by atoms with Gasteiger partial charge in [0.05, 0.1) is 7.05 Å². The molecule has 0 aromatic carbocycles. The normalized spacial score (nSPS) is 10.1. The minimum Gasteiger partial charge on any atom is -1.00 e. The molecule has 0 N–H and O–H groups in total. The van der Waals surface area contributed by atoms with Crippen molar-refractivity contribution in [3.8, 4) is 0 Å². The molecule has 0 aliphatic heterocycles. The fourth-order valence-corrected chi connectivity index (χ4v) is 2.46. The molecule has 0 spiro atoms. The second-order valence-electron chi connectivity index (χ2n) is 4.04. The lowest BCUT2D eigenvalue weighted by Crippen LogP contribution is -3.00. The maximum absolute atomic E-state index is 2.26. The van der Waals surface area contributed by atoms with Gasteiger partial charge in [0.15, 0.2) is 0 Å². The number of aryl methyl sites for hydroxylation is 1. The maximum atomic E-state index is 2.26. The Balaban J connectivity index is 0.00000225. The molecule has 0 aliphatic rings. The number of hydrogen-bond acceptors (Lipinski definition) is 1. The summed E-state index contributed by atoms with van der Waals surface area (Å²) in [5, 5.41) is 0. The Morgan fingerprint density at radius 2 is 1.94 bits per heavy atom. The van der Waals surface area contributed by atoms with E-state index < -0.39 is 0 Å². The summed E-state index contributed by atoms with van der Waals surface area (Å²) in [6.07, 6.45) is 13.3. The molecule has 1 heterocycles. The molecule has 0 radical (unpaired) electrons. The van der Waals surface area contributed by atoms with E-state index in [0.29, 0.717) is 0 Å². The fourth-order valence-electron chi connectivity index (χ4n) is 1.56. The minimum absolute atomic E-state index is 0. The number of rotatable bonds is 8. The molecule has 0 saturated heterocycles. The van der Waals surface area contributed by atoms with Crippen molar-refractivity contribution in [2.45, 2.75) is 44.9 Å². The van der Waals surface area contributed by atoms with Gasteiger partial charge in [-0.15, -0.1) is 11.8 Å². The molecule has 0 saturated carbocycles. The zero-order valence-electron chi connectivity index (χ0n) is 10.4. The van der Waals surface area contributed by atoms with Gasteiger partial charge in [0, 0.05) is 0 Å². The highest BCUT2D eigenvalue weighted by atomic mass is 79.9. The topological polar surface area (TPSA) is 8.81 Å². The Hall–Kier alpha value is 0.0400. The van der Waals surface area contributed by atoms with Crippen molar-refractivity contribution in [3.63, 3.8) is 0 Å². The van der Waals surface area contributed by atoms with E-state index >= 15 is 0 Å². The second-order valence-corrected chi connectivity index (χ2v) is 5.12. The summed E-state index contributed by atoms with van der Waals surface area (Å²) in [6.45, 7) is 2.26. The monoisotopic (exact) mass is 306 g/mol. The van der Waals surface area contributed by atoms with Gasteiger partial charge in [0.2, 0.25) is 6.33 Å². The van der Waals surface area contributed by atoms with Gasteiger partial charge in [-0.3, -0.25) is 0 Å². The number of imidazole rings is 1. The van der Waals surface area contributed by atoms with Crippen molar-refractivity contribution in [2.24, 2.45) is 7.05 Å². The first-order valence-electron chi connectivity index (χ1n) is 5.91. The Labute approximate surface area is 114 Å². The standard InChI is InChI=1S/C12H23N2S.BrH/c1-3-4-5-6-7-10-15-12-14-9-8-13(2)11-14;/h8-9,11H,3-7,10,12H2,1-2H3;1H/q+1;/p-1. The highest BCUT2D eigenvalue weighted by Crippen LogP contribution is 2.10. The molecule has 1 aromatic rings. The molecule has 16 heavy (non-hydrogen) atoms. The average Bonchev–Trinajstić information content (AvgIpc) is 2.63. The van der Waals surface area contributed by atoms with E-state index in [1.165, 1.54) is 37.9 Å². The van der Waals surface area contributed by atoms with E-state index in [1.54, 1.807) is 0 Å². The molecule has 0 amide bonds. The SMILES string of the molecule is CCCCCCCSCn1cc[n+](C)c1.[Br-]. The van der Waals surface area contributed by atoms with Crippen LogP contribution in [0.25, 0.3) is 0 Å². The van der Waals surface area contributed by atoms with Crippen molar-refractivity contribution in [1.82, 2.24) is 4.57 Å². The summed E-state index contributed by atoms with van der Waals surface area (Å²) in [5.74, 6) is 2.39. The van der Waals surface area contributed by atoms with Crippen LogP contribution in [-0.4, -0.2) is 10.3 Å². The van der Waals surface area contributed by atoms with Crippen LogP contribution in [0.15, 0.2) is 18.7 Å². The van der Waals surface area contributed by atoms with Gasteiger partial charge in [0.1, 0.15) is 18.3 Å². The zero-order chi connectivity index (χ0) is 10.9. The molecule has 2 nitrogen and oxygen atoms in total. The third-order valence-corrected chi connectivity index (χ3v) is 3.51. The van der Waals surface area contributed by atoms with Gasteiger partial charge in [-0.1, -0.05) is 32.6 Å². The number of hydrogen-bond donors (Lipinski definition) is 0. The number of thioether (sulfide) groups is 1. The van der Waals surface area contributed by atoms with Gasteiger partial charge < -0.3 is 17.0 Å². The second kappa shape index (κ2) is 10.2. The van der Waals surface area contributed by atoms with Crippen molar-refractivity contribution in [1.29, 1.82) is 0 Å². The Kier molecular flexibility index (Phi) is 10.2. The van der Waals surface area contributed by atoms with Crippen LogP contribution in [0.4, 0.5) is 0 Å². The number of halogens is 1. The summed E-state index contributed by atoms with van der Waals surface area (Å²) in [7, 11) is 2.06. The van der Waals surface area contributed by atoms with Gasteiger partial charge in [-0.25, -0.2) is 9.13 Å². The molecule has 0 atom stereocenters. The first-order chi connectivity index (χ1) is 7.33. The molecular formula is C12H23BrN2S. The largest absolute Gasteiger partial charge is 1.00 e. The predicted octanol–water partition coefficient (Wildman–Crippen LogP) is -0.0223. The van der Waals surface area contributed by atoms with Gasteiger partial charge in [-0.05, 0) is 12.2 Å². The summed E-state index contributed by atoms with van der Waals surface area (Å²) in [6, 6.07) is 0. The van der Waals surface area contributed by atoms with E-state index in [1.807, 2.05) is 11.8 Å². The van der Waals surface area contributed by atoms with Gasteiger partial charge >= 0.3 is 0 Å². The Bertz CT molecular complexity index is 263. The van der Waals surface area contributed by atoms with Crippen LogP contribution in [0.1, 0.15) is 39.0 Å². The van der Waals surface area contributed by atoms with Crippen molar-refractivity contribution < 1.29 is 21.5 Å². The van der Waals surface area contributed by atoms with Gasteiger partial charge in [0.25, 0.3) is 0 Å². The first kappa shape index (κ1) is 16.0. The molecule has 94 valence electrons. The van der Waals surface area contributed by atoms with E-state index in [0.717, 1.165) is 5.88 Å². The predicted molar refractivity (Wildman–Crippen MR) is 66.8 cm³/mol.